The van der Waals surface area contributed by atoms with E-state index in [9.17, 15) is 9.59 Å². The molecule has 0 rings (SSSR count). The number of hydrogen-bond donors (Lipinski definition) is 2. The molecule has 0 saturated heterocycles. The molecule has 0 fully saturated rings. The fourth-order valence-electron chi connectivity index (χ4n) is 1.01. The van der Waals surface area contributed by atoms with Crippen LogP contribution in [0, 0.1) is 0 Å². The third-order valence-corrected chi connectivity index (χ3v) is 1.91. The molecular weight excluding hydrogens is 236 g/mol. The minimum atomic E-state index is -0.866. The summed E-state index contributed by atoms with van der Waals surface area (Å²) in [6, 6.07) is -0.866. The first-order valence-corrected chi connectivity index (χ1v) is 6.15. The molecule has 0 radical (unpaired) electrons. The lowest BCUT2D eigenvalue weighted by atomic mass is 10.2. The molecule has 106 valence electrons. The fraction of sp³-hybridized carbons (Fsp3) is 0.833. The van der Waals surface area contributed by atoms with E-state index in [2.05, 4.69) is 5.32 Å². The summed E-state index contributed by atoms with van der Waals surface area (Å²) in [7, 11) is 0. The maximum Gasteiger partial charge on any atom is 0.407 e. The molecule has 0 saturated carbocycles. The lowest BCUT2D eigenvalue weighted by molar-refractivity contribution is -0.145. The highest BCUT2D eigenvalue weighted by molar-refractivity contribution is 5.77. The SMILES string of the molecule is CCCCOC(=O)[C@@H](N)CNC(=O)OC(C)(C)C. The van der Waals surface area contributed by atoms with Crippen LogP contribution in [-0.4, -0.2) is 36.9 Å². The molecule has 1 amide bonds. The molecule has 0 aliphatic heterocycles. The summed E-state index contributed by atoms with van der Waals surface area (Å²) in [4.78, 5) is 22.7. The highest BCUT2D eigenvalue weighted by atomic mass is 16.6. The van der Waals surface area contributed by atoms with Gasteiger partial charge in [0.25, 0.3) is 0 Å². The Balaban J connectivity index is 3.84. The Bertz CT molecular complexity index is 274. The van der Waals surface area contributed by atoms with Crippen LogP contribution in [0.5, 0.6) is 0 Å². The third-order valence-electron chi connectivity index (χ3n) is 1.91. The Morgan fingerprint density at radius 1 is 1.33 bits per heavy atom. The molecule has 0 spiro atoms. The second kappa shape index (κ2) is 7.92. The Labute approximate surface area is 108 Å². The molecule has 1 atom stereocenters. The predicted molar refractivity (Wildman–Crippen MR) is 68.1 cm³/mol. The van der Waals surface area contributed by atoms with Crippen LogP contribution in [0.3, 0.4) is 0 Å². The van der Waals surface area contributed by atoms with Crippen LogP contribution >= 0.6 is 0 Å². The van der Waals surface area contributed by atoms with Gasteiger partial charge in [-0.2, -0.15) is 0 Å². The smallest absolute Gasteiger partial charge is 0.407 e. The van der Waals surface area contributed by atoms with Crippen molar-refractivity contribution in [1.29, 1.82) is 0 Å². The van der Waals surface area contributed by atoms with E-state index in [4.69, 9.17) is 15.2 Å². The summed E-state index contributed by atoms with van der Waals surface area (Å²) < 4.78 is 9.93. The number of ether oxygens (including phenoxy) is 2. The standard InChI is InChI=1S/C12H24N2O4/c1-5-6-7-17-10(15)9(13)8-14-11(16)18-12(2,3)4/h9H,5-8,13H2,1-4H3,(H,14,16)/t9-/m0/s1. The van der Waals surface area contributed by atoms with E-state index in [0.717, 1.165) is 12.8 Å². The zero-order valence-corrected chi connectivity index (χ0v) is 11.6. The molecule has 6 nitrogen and oxygen atoms in total. The number of amides is 1. The predicted octanol–water partition coefficient (Wildman–Crippen LogP) is 1.18. The molecular formula is C12H24N2O4. The van der Waals surface area contributed by atoms with E-state index >= 15 is 0 Å². The number of nitrogens with two attached hydrogens (primary N) is 1. The average Bonchev–Trinajstić information content (AvgIpc) is 2.23. The van der Waals surface area contributed by atoms with E-state index < -0.39 is 23.7 Å². The lowest BCUT2D eigenvalue weighted by Crippen LogP contribution is -2.44. The van der Waals surface area contributed by atoms with Gasteiger partial charge in [0.15, 0.2) is 0 Å². The lowest BCUT2D eigenvalue weighted by Gasteiger charge is -2.20. The van der Waals surface area contributed by atoms with Crippen LogP contribution in [0.25, 0.3) is 0 Å². The van der Waals surface area contributed by atoms with Crippen molar-refractivity contribution in [3.63, 3.8) is 0 Å². The normalized spacial score (nSPS) is 12.7. The molecule has 0 bridgehead atoms. The van der Waals surface area contributed by atoms with Crippen molar-refractivity contribution in [2.75, 3.05) is 13.2 Å². The molecule has 0 heterocycles. The van der Waals surface area contributed by atoms with Crippen molar-refractivity contribution >= 4 is 12.1 Å². The summed E-state index contributed by atoms with van der Waals surface area (Å²) >= 11 is 0. The van der Waals surface area contributed by atoms with Crippen molar-refractivity contribution in [3.8, 4) is 0 Å². The van der Waals surface area contributed by atoms with Gasteiger partial charge in [-0.3, -0.25) is 4.79 Å². The summed E-state index contributed by atoms with van der Waals surface area (Å²) in [6.07, 6.45) is 1.15. The van der Waals surface area contributed by atoms with E-state index in [-0.39, 0.29) is 6.54 Å². The van der Waals surface area contributed by atoms with Gasteiger partial charge < -0.3 is 20.5 Å². The fourth-order valence-corrected chi connectivity index (χ4v) is 1.01. The average molecular weight is 260 g/mol. The van der Waals surface area contributed by atoms with Crippen LogP contribution in [0.1, 0.15) is 40.5 Å². The Morgan fingerprint density at radius 3 is 2.44 bits per heavy atom. The molecule has 18 heavy (non-hydrogen) atoms. The van der Waals surface area contributed by atoms with Crippen LogP contribution < -0.4 is 11.1 Å². The van der Waals surface area contributed by atoms with Gasteiger partial charge in [-0.25, -0.2) is 4.79 Å². The van der Waals surface area contributed by atoms with Crippen LogP contribution in [0.15, 0.2) is 0 Å². The third kappa shape index (κ3) is 8.81. The summed E-state index contributed by atoms with van der Waals surface area (Å²) in [6.45, 7) is 7.62. The number of nitrogens with one attached hydrogen (secondary N) is 1. The maximum atomic E-state index is 11.4. The van der Waals surface area contributed by atoms with Crippen molar-refractivity contribution in [3.05, 3.63) is 0 Å². The van der Waals surface area contributed by atoms with Gasteiger partial charge in [-0.1, -0.05) is 13.3 Å². The first-order valence-electron chi connectivity index (χ1n) is 6.15. The minimum Gasteiger partial charge on any atom is -0.464 e. The van der Waals surface area contributed by atoms with Gasteiger partial charge in [0.2, 0.25) is 0 Å². The highest BCUT2D eigenvalue weighted by Crippen LogP contribution is 2.06. The van der Waals surface area contributed by atoms with Gasteiger partial charge in [0, 0.05) is 6.54 Å². The van der Waals surface area contributed by atoms with Gasteiger partial charge in [-0.05, 0) is 27.2 Å². The number of rotatable bonds is 6. The number of carbonyl (C=O) groups excluding carboxylic acids is 2. The van der Waals surface area contributed by atoms with Gasteiger partial charge >= 0.3 is 12.1 Å². The molecule has 0 aromatic rings. The van der Waals surface area contributed by atoms with Crippen molar-refractivity contribution in [1.82, 2.24) is 5.32 Å². The molecule has 3 N–H and O–H groups in total. The Hall–Kier alpha value is -1.30. The molecule has 0 aromatic carbocycles. The maximum absolute atomic E-state index is 11.4. The number of hydrogen-bond acceptors (Lipinski definition) is 5. The van der Waals surface area contributed by atoms with Crippen molar-refractivity contribution in [2.24, 2.45) is 5.73 Å². The van der Waals surface area contributed by atoms with E-state index in [1.165, 1.54) is 0 Å². The number of carbonyl (C=O) groups is 2. The topological polar surface area (TPSA) is 90.6 Å². The van der Waals surface area contributed by atoms with E-state index in [1.54, 1.807) is 20.8 Å². The number of esters is 1. The van der Waals surface area contributed by atoms with Crippen LogP contribution in [0.2, 0.25) is 0 Å². The van der Waals surface area contributed by atoms with E-state index in [1.807, 2.05) is 6.92 Å². The largest absolute Gasteiger partial charge is 0.464 e. The second-order valence-corrected chi connectivity index (χ2v) is 5.01. The first kappa shape index (κ1) is 16.7. The van der Waals surface area contributed by atoms with Gasteiger partial charge in [-0.15, -0.1) is 0 Å². The van der Waals surface area contributed by atoms with Crippen LogP contribution in [0.4, 0.5) is 4.79 Å². The van der Waals surface area contributed by atoms with Crippen LogP contribution in [-0.2, 0) is 14.3 Å². The Morgan fingerprint density at radius 2 is 1.94 bits per heavy atom. The summed E-state index contributed by atoms with van der Waals surface area (Å²) in [5.74, 6) is -0.514. The highest BCUT2D eigenvalue weighted by Gasteiger charge is 2.19. The zero-order valence-electron chi connectivity index (χ0n) is 11.6. The molecule has 0 aliphatic carbocycles. The number of unbranched alkanes of at least 4 members (excludes halogenated alkanes) is 1. The monoisotopic (exact) mass is 260 g/mol. The van der Waals surface area contributed by atoms with Crippen molar-refractivity contribution < 1.29 is 19.1 Å². The minimum absolute atomic E-state index is 0.000127. The van der Waals surface area contributed by atoms with Gasteiger partial charge in [0.05, 0.1) is 6.61 Å². The van der Waals surface area contributed by atoms with Gasteiger partial charge in [0.1, 0.15) is 11.6 Å². The Kier molecular flexibility index (Phi) is 7.35. The van der Waals surface area contributed by atoms with Crippen molar-refractivity contribution in [2.45, 2.75) is 52.2 Å². The molecule has 6 heteroatoms. The molecule has 0 unspecified atom stereocenters. The number of alkyl carbamates (subject to hydrolysis) is 1. The quantitative estimate of drug-likeness (QED) is 0.553. The summed E-state index contributed by atoms with van der Waals surface area (Å²) in [5, 5.41) is 2.42. The zero-order chi connectivity index (χ0) is 14.2. The molecule has 0 aromatic heterocycles. The van der Waals surface area contributed by atoms with E-state index in [0.29, 0.717) is 6.61 Å². The first-order chi connectivity index (χ1) is 8.26. The summed E-state index contributed by atoms with van der Waals surface area (Å²) in [5.41, 5.74) is 4.99. The molecule has 0 aliphatic rings. The second-order valence-electron chi connectivity index (χ2n) is 5.01.